The largest absolute Gasteiger partial charge is 0.444 e. The van der Waals surface area contributed by atoms with Crippen molar-refractivity contribution in [2.75, 3.05) is 31.1 Å². The van der Waals surface area contributed by atoms with Gasteiger partial charge in [-0.05, 0) is 19.3 Å². The Morgan fingerprint density at radius 3 is 2.92 bits per heavy atom. The number of amides is 1. The normalized spacial score (nSPS) is 25.8. The lowest BCUT2D eigenvalue weighted by molar-refractivity contribution is 0.0764. The Balaban J connectivity index is 1.14. The van der Waals surface area contributed by atoms with Crippen molar-refractivity contribution in [1.82, 2.24) is 24.9 Å². The van der Waals surface area contributed by atoms with Gasteiger partial charge in [0.2, 0.25) is 0 Å². The van der Waals surface area contributed by atoms with Gasteiger partial charge in [-0.1, -0.05) is 5.21 Å². The summed E-state index contributed by atoms with van der Waals surface area (Å²) in [5.74, 6) is 0.606. The van der Waals surface area contributed by atoms with E-state index in [0.29, 0.717) is 19.0 Å². The van der Waals surface area contributed by atoms with Crippen LogP contribution in [0.2, 0.25) is 0 Å². The summed E-state index contributed by atoms with van der Waals surface area (Å²) in [6.45, 7) is 2.97. The first-order chi connectivity index (χ1) is 12.8. The average molecular weight is 374 g/mol. The zero-order valence-electron chi connectivity index (χ0n) is 14.5. The Labute approximate surface area is 155 Å². The first kappa shape index (κ1) is 16.0. The molecule has 4 heterocycles. The highest BCUT2D eigenvalue weighted by atomic mass is 32.1. The van der Waals surface area contributed by atoms with Gasteiger partial charge in [-0.15, -0.1) is 16.4 Å². The summed E-state index contributed by atoms with van der Waals surface area (Å²) >= 11 is 1.62. The molecule has 8 nitrogen and oxygen atoms in total. The molecular weight excluding hydrogens is 352 g/mol. The summed E-state index contributed by atoms with van der Waals surface area (Å²) in [4.78, 5) is 20.8. The minimum atomic E-state index is -0.207. The molecule has 0 unspecified atom stereocenters. The van der Waals surface area contributed by atoms with Crippen molar-refractivity contribution in [2.45, 2.75) is 43.7 Å². The summed E-state index contributed by atoms with van der Waals surface area (Å²) in [6, 6.07) is 0.206. The van der Waals surface area contributed by atoms with Crippen molar-refractivity contribution < 1.29 is 9.53 Å². The summed E-state index contributed by atoms with van der Waals surface area (Å²) in [7, 11) is 0. The summed E-state index contributed by atoms with van der Waals surface area (Å²) in [6.07, 6.45) is 7.80. The maximum absolute atomic E-state index is 12.5. The predicted octanol–water partition coefficient (Wildman–Crippen LogP) is 2.27. The van der Waals surface area contributed by atoms with E-state index in [9.17, 15) is 4.79 Å². The van der Waals surface area contributed by atoms with E-state index < -0.39 is 0 Å². The number of ether oxygens (including phenoxy) is 1. The van der Waals surface area contributed by atoms with Crippen molar-refractivity contribution in [3.63, 3.8) is 0 Å². The molecule has 2 saturated heterocycles. The second kappa shape index (κ2) is 6.53. The van der Waals surface area contributed by atoms with Gasteiger partial charge in [-0.3, -0.25) is 0 Å². The van der Waals surface area contributed by atoms with E-state index in [2.05, 4.69) is 26.4 Å². The maximum Gasteiger partial charge on any atom is 0.410 e. The van der Waals surface area contributed by atoms with Crippen LogP contribution >= 0.6 is 11.3 Å². The highest BCUT2D eigenvalue weighted by molar-refractivity contribution is 7.13. The first-order valence-corrected chi connectivity index (χ1v) is 10.2. The van der Waals surface area contributed by atoms with Crippen LogP contribution < -0.4 is 4.90 Å². The number of carbonyl (C=O) groups excluding carboxylic acids is 1. The maximum atomic E-state index is 12.5. The molecule has 9 heteroatoms. The quantitative estimate of drug-likeness (QED) is 0.817. The molecule has 1 saturated carbocycles. The lowest BCUT2D eigenvalue weighted by atomic mass is 10.2. The first-order valence-electron chi connectivity index (χ1n) is 9.28. The second-order valence-corrected chi connectivity index (χ2v) is 8.21. The van der Waals surface area contributed by atoms with Gasteiger partial charge in [-0.25, -0.2) is 14.5 Å². The van der Waals surface area contributed by atoms with Crippen LogP contribution in [0, 0.1) is 0 Å². The fraction of sp³-hybridized carbons (Fsp3) is 0.647. The molecule has 2 atom stereocenters. The highest BCUT2D eigenvalue weighted by Gasteiger charge is 2.34. The van der Waals surface area contributed by atoms with Crippen LogP contribution in [-0.4, -0.2) is 63.3 Å². The predicted molar refractivity (Wildman–Crippen MR) is 96.4 cm³/mol. The van der Waals surface area contributed by atoms with Gasteiger partial charge in [0.25, 0.3) is 0 Å². The smallest absolute Gasteiger partial charge is 0.410 e. The number of nitrogens with zero attached hydrogens (tertiary/aromatic N) is 6. The van der Waals surface area contributed by atoms with E-state index in [4.69, 9.17) is 4.74 Å². The summed E-state index contributed by atoms with van der Waals surface area (Å²) < 4.78 is 7.67. The molecule has 0 radical (unpaired) electrons. The van der Waals surface area contributed by atoms with Crippen molar-refractivity contribution in [2.24, 2.45) is 0 Å². The SMILES string of the molecule is O=C(O[C@@H]1CCN(c2nccs2)C1)N1CC[C@H](n2cc(C3CC3)nn2)C1. The van der Waals surface area contributed by atoms with Crippen LogP contribution in [0.1, 0.15) is 43.3 Å². The van der Waals surface area contributed by atoms with E-state index in [1.54, 1.807) is 16.2 Å². The lowest BCUT2D eigenvalue weighted by Crippen LogP contribution is -2.34. The minimum Gasteiger partial charge on any atom is -0.444 e. The van der Waals surface area contributed by atoms with Crippen LogP contribution in [0.4, 0.5) is 9.93 Å². The zero-order chi connectivity index (χ0) is 17.5. The fourth-order valence-corrected chi connectivity index (χ4v) is 4.43. The third-order valence-electron chi connectivity index (χ3n) is 5.42. The molecule has 138 valence electrons. The van der Waals surface area contributed by atoms with Crippen molar-refractivity contribution >= 4 is 22.6 Å². The summed E-state index contributed by atoms with van der Waals surface area (Å²) in [5, 5.41) is 11.5. The standard InChI is InChI=1S/C17H22N6O2S/c24-17(25-14-4-7-21(10-14)16-18-5-8-26-16)22-6-3-13(9-22)23-11-15(19-20-23)12-1-2-12/h5,8,11-14H,1-4,6-7,9-10H2/t13-,14+/m0/s1. The van der Waals surface area contributed by atoms with Crippen LogP contribution in [0.3, 0.4) is 0 Å². The van der Waals surface area contributed by atoms with Crippen LogP contribution in [-0.2, 0) is 4.74 Å². The topological polar surface area (TPSA) is 76.4 Å². The van der Waals surface area contributed by atoms with Crippen LogP contribution in [0.15, 0.2) is 17.8 Å². The van der Waals surface area contributed by atoms with Gasteiger partial charge >= 0.3 is 6.09 Å². The van der Waals surface area contributed by atoms with E-state index in [1.165, 1.54) is 12.8 Å². The van der Waals surface area contributed by atoms with E-state index in [0.717, 1.165) is 36.8 Å². The molecule has 1 amide bonds. The molecule has 3 aliphatic rings. The number of anilines is 1. The van der Waals surface area contributed by atoms with Crippen LogP contribution in [0.25, 0.3) is 0 Å². The summed E-state index contributed by atoms with van der Waals surface area (Å²) in [5.41, 5.74) is 1.10. The Morgan fingerprint density at radius 1 is 1.19 bits per heavy atom. The molecule has 1 aliphatic carbocycles. The fourth-order valence-electron chi connectivity index (χ4n) is 3.75. The third-order valence-corrected chi connectivity index (χ3v) is 6.25. The Morgan fingerprint density at radius 2 is 2.12 bits per heavy atom. The number of carbonyl (C=O) groups is 1. The van der Waals surface area contributed by atoms with Crippen molar-refractivity contribution in [3.05, 3.63) is 23.5 Å². The number of aromatic nitrogens is 4. The van der Waals surface area contributed by atoms with Gasteiger partial charge in [0.15, 0.2) is 5.13 Å². The van der Waals surface area contributed by atoms with Crippen molar-refractivity contribution in [3.8, 4) is 0 Å². The van der Waals surface area contributed by atoms with E-state index in [-0.39, 0.29) is 18.2 Å². The average Bonchev–Trinajstić information content (AvgIpc) is 3.18. The molecule has 0 bridgehead atoms. The number of rotatable bonds is 4. The Hall–Kier alpha value is -2.16. The molecular formula is C17H22N6O2S. The van der Waals surface area contributed by atoms with E-state index in [1.807, 2.05) is 16.3 Å². The molecule has 3 fully saturated rings. The number of thiazole rings is 1. The second-order valence-electron chi connectivity index (χ2n) is 7.34. The highest BCUT2D eigenvalue weighted by Crippen LogP contribution is 2.39. The molecule has 2 aromatic rings. The van der Waals surface area contributed by atoms with E-state index >= 15 is 0 Å². The monoisotopic (exact) mass is 374 g/mol. The van der Waals surface area contributed by atoms with Gasteiger partial charge < -0.3 is 14.5 Å². The molecule has 5 rings (SSSR count). The molecule has 2 aliphatic heterocycles. The molecule has 26 heavy (non-hydrogen) atoms. The number of hydrogen-bond acceptors (Lipinski definition) is 7. The molecule has 0 spiro atoms. The van der Waals surface area contributed by atoms with Gasteiger partial charge in [-0.2, -0.15) is 0 Å². The number of hydrogen-bond donors (Lipinski definition) is 0. The minimum absolute atomic E-state index is 0.0571. The Kier molecular flexibility index (Phi) is 4.03. The van der Waals surface area contributed by atoms with Crippen molar-refractivity contribution in [1.29, 1.82) is 0 Å². The molecule has 2 aromatic heterocycles. The van der Waals surface area contributed by atoms with Gasteiger partial charge in [0, 0.05) is 49.7 Å². The molecule has 0 N–H and O–H groups in total. The number of likely N-dealkylation sites (tertiary alicyclic amines) is 1. The van der Waals surface area contributed by atoms with Gasteiger partial charge in [0.1, 0.15) is 6.10 Å². The third kappa shape index (κ3) is 3.15. The zero-order valence-corrected chi connectivity index (χ0v) is 15.3. The molecule has 0 aromatic carbocycles. The Bertz CT molecular complexity index is 774. The van der Waals surface area contributed by atoms with Gasteiger partial charge in [0.05, 0.1) is 18.3 Å². The van der Waals surface area contributed by atoms with Crippen LogP contribution in [0.5, 0.6) is 0 Å². The lowest BCUT2D eigenvalue weighted by Gasteiger charge is -2.20.